The maximum atomic E-state index is 6.21. The van der Waals surface area contributed by atoms with E-state index in [1.54, 1.807) is 7.11 Å². The van der Waals surface area contributed by atoms with Crippen LogP contribution < -0.4 is 10.1 Å². The zero-order valence-corrected chi connectivity index (χ0v) is 15.2. The van der Waals surface area contributed by atoms with Crippen LogP contribution in [0, 0.1) is 0 Å². The molecule has 1 saturated heterocycles. The highest BCUT2D eigenvalue weighted by atomic mass is 35.5. The molecule has 4 nitrogen and oxygen atoms in total. The van der Waals surface area contributed by atoms with Crippen molar-refractivity contribution in [2.75, 3.05) is 26.9 Å². The number of halogens is 1. The first-order valence-electron chi connectivity index (χ1n) is 8.99. The fourth-order valence-electron chi connectivity index (χ4n) is 3.61. The van der Waals surface area contributed by atoms with Crippen LogP contribution in [-0.4, -0.2) is 38.6 Å². The van der Waals surface area contributed by atoms with Crippen molar-refractivity contribution >= 4 is 11.6 Å². The van der Waals surface area contributed by atoms with Crippen LogP contribution in [0.4, 0.5) is 0 Å². The van der Waals surface area contributed by atoms with Gasteiger partial charge in [0.1, 0.15) is 5.75 Å². The highest BCUT2D eigenvalue weighted by Crippen LogP contribution is 2.29. The van der Waals surface area contributed by atoms with Gasteiger partial charge in [0.15, 0.2) is 0 Å². The Kier molecular flexibility index (Phi) is 6.39. The topological polar surface area (TPSA) is 39.7 Å². The van der Waals surface area contributed by atoms with Crippen LogP contribution in [0.25, 0.3) is 0 Å². The predicted molar refractivity (Wildman–Crippen MR) is 95.8 cm³/mol. The highest BCUT2D eigenvalue weighted by molar-refractivity contribution is 6.30. The lowest BCUT2D eigenvalue weighted by Gasteiger charge is -2.36. The number of hydrogen-bond donors (Lipinski definition) is 1. The zero-order valence-electron chi connectivity index (χ0n) is 14.5. The minimum Gasteiger partial charge on any atom is -0.490 e. The lowest BCUT2D eigenvalue weighted by atomic mass is 9.94. The number of hydrogen-bond acceptors (Lipinski definition) is 4. The fourth-order valence-corrected chi connectivity index (χ4v) is 3.80. The highest BCUT2D eigenvalue weighted by Gasteiger charge is 2.32. The van der Waals surface area contributed by atoms with Crippen LogP contribution in [0.2, 0.25) is 5.02 Å². The van der Waals surface area contributed by atoms with E-state index in [2.05, 4.69) is 5.32 Å². The van der Waals surface area contributed by atoms with Crippen molar-refractivity contribution in [2.45, 2.75) is 56.8 Å². The summed E-state index contributed by atoms with van der Waals surface area (Å²) in [7, 11) is 1.79. The molecule has 1 aliphatic carbocycles. The van der Waals surface area contributed by atoms with Gasteiger partial charge in [-0.1, -0.05) is 11.6 Å². The van der Waals surface area contributed by atoms with E-state index in [1.165, 1.54) is 12.8 Å². The fraction of sp³-hybridized carbons (Fsp3) is 0.684. The molecule has 3 rings (SSSR count). The Morgan fingerprint density at radius 2 is 2.00 bits per heavy atom. The normalized spacial score (nSPS) is 21.1. The summed E-state index contributed by atoms with van der Waals surface area (Å²) < 4.78 is 17.4. The van der Waals surface area contributed by atoms with Gasteiger partial charge in [0.2, 0.25) is 0 Å². The first-order valence-corrected chi connectivity index (χ1v) is 9.37. The van der Waals surface area contributed by atoms with E-state index in [4.69, 9.17) is 25.8 Å². The lowest BCUT2D eigenvalue weighted by Crippen LogP contribution is -2.46. The molecule has 5 heteroatoms. The Labute approximate surface area is 149 Å². The van der Waals surface area contributed by atoms with Gasteiger partial charge in [0.05, 0.1) is 11.7 Å². The van der Waals surface area contributed by atoms with Crippen molar-refractivity contribution in [1.29, 1.82) is 0 Å². The third kappa shape index (κ3) is 4.63. The summed E-state index contributed by atoms with van der Waals surface area (Å²) in [5.41, 5.74) is 0.997. The first kappa shape index (κ1) is 18.0. The third-order valence-electron chi connectivity index (χ3n) is 5.22. The van der Waals surface area contributed by atoms with E-state index in [9.17, 15) is 0 Å². The zero-order chi connectivity index (χ0) is 16.8. The summed E-state index contributed by atoms with van der Waals surface area (Å²) in [6.45, 7) is 3.07. The number of rotatable bonds is 7. The average molecular weight is 354 g/mol. The molecule has 1 N–H and O–H groups in total. The van der Waals surface area contributed by atoms with E-state index >= 15 is 0 Å². The summed E-state index contributed by atoms with van der Waals surface area (Å²) >= 11 is 6.19. The van der Waals surface area contributed by atoms with E-state index < -0.39 is 0 Å². The maximum Gasteiger partial charge on any atom is 0.124 e. The lowest BCUT2D eigenvalue weighted by molar-refractivity contribution is -0.0877. The second-order valence-electron chi connectivity index (χ2n) is 6.88. The van der Waals surface area contributed by atoms with Gasteiger partial charge in [-0.25, -0.2) is 0 Å². The molecular formula is C19H28ClNO3. The summed E-state index contributed by atoms with van der Waals surface area (Å²) in [5.74, 6) is 0.956. The molecule has 1 aromatic rings. The standard InChI is InChI=1S/C19H28ClNO3/c1-22-19(8-10-23-11-9-19)14-21-13-15-12-16(20)6-7-18(15)24-17-4-2-3-5-17/h6-7,12,17,21H,2-5,8-11,13-14H2,1H3. The van der Waals surface area contributed by atoms with Crippen molar-refractivity contribution in [3.05, 3.63) is 28.8 Å². The minimum absolute atomic E-state index is 0.122. The minimum atomic E-state index is -0.122. The van der Waals surface area contributed by atoms with Crippen molar-refractivity contribution < 1.29 is 14.2 Å². The molecule has 0 spiro atoms. The van der Waals surface area contributed by atoms with Gasteiger partial charge in [-0.2, -0.15) is 0 Å². The van der Waals surface area contributed by atoms with Gasteiger partial charge in [0, 0.05) is 56.8 Å². The van der Waals surface area contributed by atoms with Gasteiger partial charge in [-0.3, -0.25) is 0 Å². The average Bonchev–Trinajstić information content (AvgIpc) is 3.11. The number of nitrogens with one attached hydrogen (secondary N) is 1. The van der Waals surface area contributed by atoms with Crippen molar-refractivity contribution in [2.24, 2.45) is 0 Å². The molecule has 24 heavy (non-hydrogen) atoms. The van der Waals surface area contributed by atoms with Gasteiger partial charge in [-0.15, -0.1) is 0 Å². The third-order valence-corrected chi connectivity index (χ3v) is 5.45. The maximum absolute atomic E-state index is 6.21. The molecule has 2 aliphatic rings. The van der Waals surface area contributed by atoms with Gasteiger partial charge >= 0.3 is 0 Å². The van der Waals surface area contributed by atoms with Gasteiger partial charge < -0.3 is 19.5 Å². The molecule has 1 aromatic carbocycles. The van der Waals surface area contributed by atoms with Crippen LogP contribution in [0.15, 0.2) is 18.2 Å². The summed E-state index contributed by atoms with van der Waals surface area (Å²) in [6, 6.07) is 5.91. The molecule has 0 bridgehead atoms. The summed E-state index contributed by atoms with van der Waals surface area (Å²) in [6.07, 6.45) is 7.05. The second-order valence-corrected chi connectivity index (χ2v) is 7.32. The van der Waals surface area contributed by atoms with E-state index in [1.807, 2.05) is 18.2 Å². The number of methoxy groups -OCH3 is 1. The monoisotopic (exact) mass is 353 g/mol. The quantitative estimate of drug-likeness (QED) is 0.805. The van der Waals surface area contributed by atoms with Crippen molar-refractivity contribution in [3.63, 3.8) is 0 Å². The van der Waals surface area contributed by atoms with Gasteiger partial charge in [0.25, 0.3) is 0 Å². The van der Waals surface area contributed by atoms with E-state index in [0.29, 0.717) is 6.10 Å². The predicted octanol–water partition coefficient (Wildman–Crippen LogP) is 3.95. The summed E-state index contributed by atoms with van der Waals surface area (Å²) in [5, 5.41) is 4.28. The van der Waals surface area contributed by atoms with Crippen LogP contribution in [0.1, 0.15) is 44.1 Å². The Morgan fingerprint density at radius 1 is 1.25 bits per heavy atom. The second kappa shape index (κ2) is 8.52. The van der Waals surface area contributed by atoms with Crippen LogP contribution >= 0.6 is 11.6 Å². The molecule has 2 fully saturated rings. The largest absolute Gasteiger partial charge is 0.490 e. The molecule has 0 radical (unpaired) electrons. The van der Waals surface area contributed by atoms with Crippen LogP contribution in [0.3, 0.4) is 0 Å². The Morgan fingerprint density at radius 3 is 2.71 bits per heavy atom. The molecule has 0 amide bonds. The molecule has 1 aliphatic heterocycles. The molecule has 0 aromatic heterocycles. The molecule has 0 unspecified atom stereocenters. The summed E-state index contributed by atoms with van der Waals surface area (Å²) in [4.78, 5) is 0. The van der Waals surface area contributed by atoms with E-state index in [0.717, 1.165) is 68.3 Å². The first-order chi connectivity index (χ1) is 11.7. The molecular weight excluding hydrogens is 326 g/mol. The van der Waals surface area contributed by atoms with Crippen LogP contribution in [0.5, 0.6) is 5.75 Å². The number of ether oxygens (including phenoxy) is 3. The van der Waals surface area contributed by atoms with Crippen molar-refractivity contribution in [3.8, 4) is 5.75 Å². The molecule has 134 valence electrons. The van der Waals surface area contributed by atoms with Crippen LogP contribution in [-0.2, 0) is 16.0 Å². The Bertz CT molecular complexity index is 525. The Hall–Kier alpha value is -0.810. The molecule has 1 heterocycles. The Balaban J connectivity index is 1.60. The molecule has 1 saturated carbocycles. The molecule has 0 atom stereocenters. The number of benzene rings is 1. The van der Waals surface area contributed by atoms with Crippen molar-refractivity contribution in [1.82, 2.24) is 5.32 Å². The van der Waals surface area contributed by atoms with E-state index in [-0.39, 0.29) is 5.60 Å². The smallest absolute Gasteiger partial charge is 0.124 e. The SMILES string of the molecule is COC1(CNCc2cc(Cl)ccc2OC2CCCC2)CCOCC1. The van der Waals surface area contributed by atoms with Gasteiger partial charge in [-0.05, 0) is 43.9 Å².